The minimum absolute atomic E-state index is 0.169. The summed E-state index contributed by atoms with van der Waals surface area (Å²) in [5.74, 6) is 11.3. The Morgan fingerprint density at radius 1 is 0.228 bits per heavy atom. The smallest absolute Gasteiger partial charge is 0.160 e. The molecule has 79 heavy (non-hydrogen) atoms. The second-order valence-electron chi connectivity index (χ2n) is 29.5. The van der Waals surface area contributed by atoms with Crippen molar-refractivity contribution in [3.8, 4) is 0 Å². The topological polar surface area (TPSA) is 27.7 Å². The molecule has 0 rings (SSSR count). The van der Waals surface area contributed by atoms with E-state index in [0.29, 0.717) is 0 Å². The van der Waals surface area contributed by atoms with Gasteiger partial charge in [-0.1, -0.05) is 245 Å². The fourth-order valence-electron chi connectivity index (χ4n) is 15.2. The summed E-state index contributed by atoms with van der Waals surface area (Å²) < 4.78 is 20.5. The highest BCUT2D eigenvalue weighted by Gasteiger charge is 2.23. The lowest BCUT2D eigenvalue weighted by Crippen LogP contribution is -2.28. The van der Waals surface area contributed by atoms with Gasteiger partial charge in [-0.2, -0.15) is 0 Å². The molecule has 16 unspecified atom stereocenters. The number of hydrogen-bond donors (Lipinski definition) is 0. The summed E-state index contributed by atoms with van der Waals surface area (Å²) >= 11 is 7.25. The first-order chi connectivity index (χ1) is 37.8. The summed E-state index contributed by atoms with van der Waals surface area (Å²) in [6.45, 7) is 41.5. The molecule has 0 saturated carbocycles. The van der Waals surface area contributed by atoms with Crippen LogP contribution in [-0.4, -0.2) is 36.5 Å². The molecule has 0 aromatic carbocycles. The Balaban J connectivity index is 5.46. The molecule has 5 heteroatoms. The first-order valence-electron chi connectivity index (χ1n) is 35.8. The van der Waals surface area contributed by atoms with Crippen LogP contribution in [0.15, 0.2) is 0 Å². The van der Waals surface area contributed by atoms with Crippen LogP contribution in [0, 0.1) is 82.9 Å². The fraction of sp³-hybridized carbons (Fsp3) is 1.00. The molecule has 0 N–H and O–H groups in total. The first kappa shape index (κ1) is 79.8. The number of rotatable bonds is 60. The highest BCUT2D eigenvalue weighted by Crippen LogP contribution is 2.34. The molecule has 0 aromatic rings. The van der Waals surface area contributed by atoms with Crippen LogP contribution in [0.3, 0.4) is 0 Å². The van der Waals surface area contributed by atoms with Crippen molar-refractivity contribution in [1.29, 1.82) is 0 Å². The van der Waals surface area contributed by atoms with Crippen LogP contribution >= 0.6 is 31.9 Å². The zero-order valence-corrected chi connectivity index (χ0v) is 60.1. The van der Waals surface area contributed by atoms with E-state index in [0.717, 1.165) is 132 Å². The predicted molar refractivity (Wildman–Crippen MR) is 363 cm³/mol. The van der Waals surface area contributed by atoms with Crippen LogP contribution in [-0.2, 0) is 14.2 Å². The van der Waals surface area contributed by atoms with Gasteiger partial charge in [0.1, 0.15) is 0 Å². The van der Waals surface area contributed by atoms with E-state index in [1.54, 1.807) is 0 Å². The number of hydrogen-bond acceptors (Lipinski definition) is 3. The highest BCUT2D eigenvalue weighted by molar-refractivity contribution is 9.09. The van der Waals surface area contributed by atoms with E-state index in [-0.39, 0.29) is 12.6 Å². The second-order valence-corrected chi connectivity index (χ2v) is 31.1. The molecule has 0 aliphatic carbocycles. The van der Waals surface area contributed by atoms with Crippen molar-refractivity contribution in [2.75, 3.05) is 23.9 Å². The molecule has 476 valence electrons. The average Bonchev–Trinajstić information content (AvgIpc) is 3.35. The summed E-state index contributed by atoms with van der Waals surface area (Å²) in [4.78, 5) is 0. The summed E-state index contributed by atoms with van der Waals surface area (Å²) in [7, 11) is 0. The average molecular weight is 1250 g/mol. The largest absolute Gasteiger partial charge is 0.353 e. The van der Waals surface area contributed by atoms with E-state index in [2.05, 4.69) is 143 Å². The van der Waals surface area contributed by atoms with Gasteiger partial charge in [0.25, 0.3) is 0 Å². The molecule has 0 bridgehead atoms. The van der Waals surface area contributed by atoms with Gasteiger partial charge in [0.15, 0.2) is 12.6 Å². The number of halogens is 2. The van der Waals surface area contributed by atoms with Gasteiger partial charge in [-0.3, -0.25) is 0 Å². The molecule has 0 fully saturated rings. The van der Waals surface area contributed by atoms with Crippen molar-refractivity contribution in [2.45, 2.75) is 367 Å². The van der Waals surface area contributed by atoms with Gasteiger partial charge in [-0.25, -0.2) is 0 Å². The monoisotopic (exact) mass is 1240 g/mol. The molecule has 0 saturated heterocycles. The maximum absolute atomic E-state index is 7.01. The molecule has 0 amide bonds. The third-order valence-electron chi connectivity index (χ3n) is 18.5. The van der Waals surface area contributed by atoms with Crippen LogP contribution in [0.1, 0.15) is 355 Å². The Morgan fingerprint density at radius 3 is 0.658 bits per heavy atom. The maximum Gasteiger partial charge on any atom is 0.160 e. The number of ether oxygens (including phenoxy) is 3. The zero-order valence-electron chi connectivity index (χ0n) is 56.9. The summed E-state index contributed by atoms with van der Waals surface area (Å²) in [6.07, 6.45) is 49.5. The van der Waals surface area contributed by atoms with Crippen LogP contribution in [0.4, 0.5) is 0 Å². The summed E-state index contributed by atoms with van der Waals surface area (Å²) in [5, 5.41) is 2.29. The van der Waals surface area contributed by atoms with Gasteiger partial charge in [0.2, 0.25) is 0 Å². The Morgan fingerprint density at radius 2 is 0.430 bits per heavy atom. The molecule has 0 radical (unpaired) electrons. The molecule has 0 aromatic heterocycles. The highest BCUT2D eigenvalue weighted by atomic mass is 79.9. The van der Waals surface area contributed by atoms with Gasteiger partial charge >= 0.3 is 0 Å². The van der Waals surface area contributed by atoms with Crippen molar-refractivity contribution in [2.24, 2.45) is 82.9 Å². The fourth-order valence-corrected chi connectivity index (χ4v) is 15.9. The van der Waals surface area contributed by atoms with Crippen molar-refractivity contribution in [3.05, 3.63) is 0 Å². The van der Waals surface area contributed by atoms with Crippen molar-refractivity contribution in [1.82, 2.24) is 0 Å². The zero-order chi connectivity index (χ0) is 59.1. The van der Waals surface area contributed by atoms with E-state index in [9.17, 15) is 0 Å². The van der Waals surface area contributed by atoms with Gasteiger partial charge in [-0.15, -0.1) is 0 Å². The van der Waals surface area contributed by atoms with Gasteiger partial charge in [-0.05, 0) is 224 Å². The molecule has 3 nitrogen and oxygen atoms in total. The number of unbranched alkanes of at least 4 members (excludes halogenated alkanes) is 14. The summed E-state index contributed by atoms with van der Waals surface area (Å²) in [5.41, 5.74) is 0. The van der Waals surface area contributed by atoms with E-state index in [1.807, 2.05) is 0 Å². The lowest BCUT2D eigenvalue weighted by Gasteiger charge is -2.27. The van der Waals surface area contributed by atoms with E-state index < -0.39 is 0 Å². The Kier molecular flexibility index (Phi) is 54.8. The van der Waals surface area contributed by atoms with Crippen LogP contribution in [0.2, 0.25) is 0 Å². The Bertz CT molecular complexity index is 1160. The normalized spacial score (nSPS) is 18.5. The third-order valence-corrected chi connectivity index (χ3v) is 19.6. The number of alkyl halides is 2. The standard InChI is InChI=1S/C74H148Br2O3/c1-17-19-21-23-25-27-29-31-45-77-73(41-33-37-59(3)47-63(7)51-67(11)55-71(15)57-69(13)53-65(9)49-61(5)39-35-43-75)79-74(78-46-32-30-28-26-24-22-20-18-2)42-34-38-60(4)48-64(8)52-68(12)56-72(16)58-70(14)54-66(10)50-62(6)40-36-44-76/h59-74H,17-58H2,1-16H3. The van der Waals surface area contributed by atoms with Crippen LogP contribution < -0.4 is 0 Å². The van der Waals surface area contributed by atoms with Crippen LogP contribution in [0.25, 0.3) is 0 Å². The van der Waals surface area contributed by atoms with E-state index in [4.69, 9.17) is 14.2 Å². The van der Waals surface area contributed by atoms with Crippen molar-refractivity contribution in [3.63, 3.8) is 0 Å². The lowest BCUT2D eigenvalue weighted by molar-refractivity contribution is -0.250. The molecule has 0 spiro atoms. The molecule has 0 aliphatic heterocycles. The summed E-state index contributed by atoms with van der Waals surface area (Å²) in [6, 6.07) is 0. The van der Waals surface area contributed by atoms with Crippen molar-refractivity contribution >= 4 is 31.9 Å². The maximum atomic E-state index is 7.01. The van der Waals surface area contributed by atoms with E-state index in [1.165, 1.54) is 218 Å². The van der Waals surface area contributed by atoms with Crippen LogP contribution in [0.5, 0.6) is 0 Å². The molecule has 16 atom stereocenters. The molecule has 0 aliphatic rings. The molecular weight excluding hydrogens is 1100 g/mol. The van der Waals surface area contributed by atoms with Gasteiger partial charge in [0.05, 0.1) is 0 Å². The Hall–Kier alpha value is 0.840. The predicted octanol–water partition coefficient (Wildman–Crippen LogP) is 26.2. The van der Waals surface area contributed by atoms with E-state index >= 15 is 0 Å². The minimum Gasteiger partial charge on any atom is -0.353 e. The van der Waals surface area contributed by atoms with Gasteiger partial charge in [0, 0.05) is 23.9 Å². The Labute approximate surface area is 516 Å². The molecule has 0 heterocycles. The molecular formula is C74H148Br2O3. The third kappa shape index (κ3) is 51.8. The van der Waals surface area contributed by atoms with Gasteiger partial charge < -0.3 is 14.2 Å². The SMILES string of the molecule is CCCCCCCCCCOC(CCCC(C)CC(C)CC(C)CC(C)CC(C)CC(C)CC(C)CCCBr)OC(CCCC(C)CC(C)CC(C)CC(C)CC(C)CC(C)CC(C)CCCBr)OCCCCCCCCCC. The quantitative estimate of drug-likeness (QED) is 0.0345. The lowest BCUT2D eigenvalue weighted by atomic mass is 9.80. The first-order valence-corrected chi connectivity index (χ1v) is 38.0. The second kappa shape index (κ2) is 54.2. The minimum atomic E-state index is -0.169. The van der Waals surface area contributed by atoms with Crippen molar-refractivity contribution < 1.29 is 14.2 Å².